The second-order valence-electron chi connectivity index (χ2n) is 7.49. The van der Waals surface area contributed by atoms with Gasteiger partial charge in [0.1, 0.15) is 9.90 Å². The van der Waals surface area contributed by atoms with Crippen LogP contribution in [0.5, 0.6) is 0 Å². The van der Waals surface area contributed by atoms with E-state index in [0.717, 1.165) is 24.2 Å². The number of carbonyl (C=O) groups excluding carboxylic acids is 1. The maximum Gasteiger partial charge on any atom is 0.295 e. The van der Waals surface area contributed by atoms with Crippen molar-refractivity contribution in [3.63, 3.8) is 0 Å². The van der Waals surface area contributed by atoms with Gasteiger partial charge in [0.25, 0.3) is 15.6 Å². The van der Waals surface area contributed by atoms with Crippen molar-refractivity contribution in [2.45, 2.75) is 30.4 Å². The summed E-state index contributed by atoms with van der Waals surface area (Å²) in [4.78, 5) is 26.2. The van der Waals surface area contributed by atoms with Crippen molar-refractivity contribution < 1.29 is 13.2 Å². The van der Waals surface area contributed by atoms with Gasteiger partial charge in [-0.05, 0) is 44.0 Å². The van der Waals surface area contributed by atoms with Crippen LogP contribution < -0.4 is 10.9 Å². The molecule has 0 spiro atoms. The van der Waals surface area contributed by atoms with Crippen LogP contribution in [0.4, 0.5) is 5.69 Å². The van der Waals surface area contributed by atoms with Gasteiger partial charge in [0.2, 0.25) is 5.91 Å². The summed E-state index contributed by atoms with van der Waals surface area (Å²) in [5.74, 6) is -0.363. The smallest absolute Gasteiger partial charge is 0.295 e. The lowest BCUT2D eigenvalue weighted by molar-refractivity contribution is -0.115. The van der Waals surface area contributed by atoms with Crippen LogP contribution in [-0.2, 0) is 28.3 Å². The molecule has 10 heteroatoms. The average Bonchev–Trinajstić information content (AvgIpc) is 3.48. The lowest BCUT2D eigenvalue weighted by atomic mass is 10.3. The van der Waals surface area contributed by atoms with Gasteiger partial charge in [0, 0.05) is 25.0 Å². The predicted octanol–water partition coefficient (Wildman–Crippen LogP) is 2.51. The van der Waals surface area contributed by atoms with Gasteiger partial charge in [-0.25, -0.2) is 13.1 Å². The summed E-state index contributed by atoms with van der Waals surface area (Å²) in [6.07, 6.45) is 1.74. The van der Waals surface area contributed by atoms with Gasteiger partial charge in [-0.15, -0.1) is 11.3 Å². The summed E-state index contributed by atoms with van der Waals surface area (Å²) in [6, 6.07) is 12.4. The van der Waals surface area contributed by atoms with Crippen LogP contribution in [0.25, 0.3) is 5.69 Å². The quantitative estimate of drug-likeness (QED) is 0.612. The van der Waals surface area contributed by atoms with Crippen molar-refractivity contribution in [1.29, 1.82) is 0 Å². The van der Waals surface area contributed by atoms with Gasteiger partial charge in [-0.3, -0.25) is 14.3 Å². The molecule has 1 amide bonds. The Labute approximate surface area is 184 Å². The van der Waals surface area contributed by atoms with Gasteiger partial charge in [0.15, 0.2) is 0 Å². The van der Waals surface area contributed by atoms with E-state index in [-0.39, 0.29) is 27.8 Å². The Hall–Kier alpha value is -2.69. The molecule has 0 unspecified atom stereocenters. The van der Waals surface area contributed by atoms with E-state index in [0.29, 0.717) is 29.3 Å². The van der Waals surface area contributed by atoms with Gasteiger partial charge < -0.3 is 5.32 Å². The van der Waals surface area contributed by atoms with E-state index in [1.165, 1.54) is 8.99 Å². The number of nitrogens with one attached hydrogen (secondary N) is 1. The highest BCUT2D eigenvalue weighted by atomic mass is 32.2. The second-order valence-corrected chi connectivity index (χ2v) is 10.8. The van der Waals surface area contributed by atoms with Crippen molar-refractivity contribution in [1.82, 2.24) is 13.7 Å². The summed E-state index contributed by atoms with van der Waals surface area (Å²) in [5, 5.41) is 2.71. The third-order valence-corrected chi connectivity index (χ3v) is 8.90. The van der Waals surface area contributed by atoms with E-state index in [9.17, 15) is 18.0 Å². The van der Waals surface area contributed by atoms with E-state index in [4.69, 9.17) is 0 Å². The molecule has 1 aromatic carbocycles. The minimum Gasteiger partial charge on any atom is -0.320 e. The molecule has 1 aliphatic rings. The summed E-state index contributed by atoms with van der Waals surface area (Å²) >= 11 is 1.10. The first-order valence-corrected chi connectivity index (χ1v) is 12.3. The van der Waals surface area contributed by atoms with Crippen LogP contribution in [0.3, 0.4) is 0 Å². The molecule has 0 saturated carbocycles. The number of rotatable bonds is 6. The fourth-order valence-electron chi connectivity index (χ4n) is 3.70. The van der Waals surface area contributed by atoms with Gasteiger partial charge in [-0.1, -0.05) is 18.2 Å². The Morgan fingerprint density at radius 1 is 1.10 bits per heavy atom. The number of carbonyl (C=O) groups is 1. The Balaban J connectivity index is 1.52. The SMILES string of the molecule is Cc1c(NC(=O)Cc2ccc(S(=O)(=O)N3CCCC3)s2)c(=O)n(-c2ccccc2)n1C. The lowest BCUT2D eigenvalue weighted by Crippen LogP contribution is -2.27. The molecule has 0 aliphatic carbocycles. The topological polar surface area (TPSA) is 93.4 Å². The fourth-order valence-corrected chi connectivity index (χ4v) is 6.73. The van der Waals surface area contributed by atoms with Gasteiger partial charge in [-0.2, -0.15) is 4.31 Å². The Morgan fingerprint density at radius 2 is 1.77 bits per heavy atom. The van der Waals surface area contributed by atoms with E-state index >= 15 is 0 Å². The first-order valence-electron chi connectivity index (χ1n) is 10.0. The van der Waals surface area contributed by atoms with Crippen molar-refractivity contribution in [3.8, 4) is 5.69 Å². The Kier molecular flexibility index (Phi) is 5.87. The second kappa shape index (κ2) is 8.45. The first-order chi connectivity index (χ1) is 14.8. The zero-order chi connectivity index (χ0) is 22.2. The zero-order valence-corrected chi connectivity index (χ0v) is 19.0. The number of amides is 1. The van der Waals surface area contributed by atoms with Crippen LogP contribution in [0.2, 0.25) is 0 Å². The highest BCUT2D eigenvalue weighted by molar-refractivity contribution is 7.91. The molecule has 1 N–H and O–H groups in total. The third-order valence-electron chi connectivity index (χ3n) is 5.45. The van der Waals surface area contributed by atoms with E-state index in [1.807, 2.05) is 30.3 Å². The highest BCUT2D eigenvalue weighted by Crippen LogP contribution is 2.27. The maximum absolute atomic E-state index is 12.9. The molecule has 1 saturated heterocycles. The fraction of sp³-hybridized carbons (Fsp3) is 0.333. The monoisotopic (exact) mass is 460 g/mol. The molecule has 164 valence electrons. The first kappa shape index (κ1) is 21.5. The molecule has 4 rings (SSSR count). The molecule has 8 nitrogen and oxygen atoms in total. The van der Waals surface area contributed by atoms with Crippen LogP contribution in [0, 0.1) is 6.92 Å². The third kappa shape index (κ3) is 4.10. The molecule has 2 aromatic heterocycles. The number of para-hydroxylation sites is 1. The molecule has 1 fully saturated rings. The molecular formula is C21H24N4O4S2. The lowest BCUT2D eigenvalue weighted by Gasteiger charge is -2.13. The van der Waals surface area contributed by atoms with Crippen molar-refractivity contribution in [2.75, 3.05) is 18.4 Å². The van der Waals surface area contributed by atoms with Crippen LogP contribution in [0.1, 0.15) is 23.4 Å². The molecule has 3 aromatic rings. The summed E-state index contributed by atoms with van der Waals surface area (Å²) in [7, 11) is -1.74. The van der Waals surface area contributed by atoms with Gasteiger partial charge in [0.05, 0.1) is 17.8 Å². The standard InChI is InChI=1S/C21H24N4O4S2/c1-15-20(21(27)25(23(15)2)16-8-4-3-5-9-16)22-18(26)14-17-10-11-19(30-17)31(28,29)24-12-6-7-13-24/h3-5,8-11H,6-7,12-14H2,1-2H3,(H,22,26). The predicted molar refractivity (Wildman–Crippen MR) is 120 cm³/mol. The Morgan fingerprint density at radius 3 is 2.45 bits per heavy atom. The zero-order valence-electron chi connectivity index (χ0n) is 17.4. The molecule has 0 bridgehead atoms. The van der Waals surface area contributed by atoms with Crippen molar-refractivity contribution >= 4 is 33.0 Å². The van der Waals surface area contributed by atoms with Crippen molar-refractivity contribution in [2.24, 2.45) is 7.05 Å². The molecule has 31 heavy (non-hydrogen) atoms. The van der Waals surface area contributed by atoms with Gasteiger partial charge >= 0.3 is 0 Å². The minimum absolute atomic E-state index is 0.000696. The summed E-state index contributed by atoms with van der Waals surface area (Å²) in [6.45, 7) is 2.84. The molecule has 1 aliphatic heterocycles. The van der Waals surface area contributed by atoms with Crippen LogP contribution >= 0.6 is 11.3 Å². The van der Waals surface area contributed by atoms with Crippen LogP contribution in [-0.4, -0.2) is 41.1 Å². The van der Waals surface area contributed by atoms with E-state index < -0.39 is 10.0 Å². The summed E-state index contributed by atoms with van der Waals surface area (Å²) in [5.41, 5.74) is 1.24. The number of sulfonamides is 1. The number of hydrogen-bond acceptors (Lipinski definition) is 5. The largest absolute Gasteiger partial charge is 0.320 e. The summed E-state index contributed by atoms with van der Waals surface area (Å²) < 4.78 is 30.3. The number of nitrogens with zero attached hydrogens (tertiary/aromatic N) is 3. The Bertz CT molecular complexity index is 1270. The molecule has 0 radical (unpaired) electrons. The number of hydrogen-bond donors (Lipinski definition) is 1. The molecule has 0 atom stereocenters. The normalized spacial score (nSPS) is 14.8. The average molecular weight is 461 g/mol. The molecule has 3 heterocycles. The maximum atomic E-state index is 12.9. The highest BCUT2D eigenvalue weighted by Gasteiger charge is 2.28. The van der Waals surface area contributed by atoms with E-state index in [1.54, 1.807) is 30.8 Å². The number of aromatic nitrogens is 2. The van der Waals surface area contributed by atoms with Crippen molar-refractivity contribution in [3.05, 3.63) is 63.4 Å². The number of benzene rings is 1. The number of thiophene rings is 1. The van der Waals surface area contributed by atoms with E-state index in [2.05, 4.69) is 5.32 Å². The minimum atomic E-state index is -3.50. The molecular weight excluding hydrogens is 436 g/mol. The number of anilines is 1. The van der Waals surface area contributed by atoms with Crippen LogP contribution in [0.15, 0.2) is 51.5 Å².